The molecule has 0 aromatic heterocycles. The predicted molar refractivity (Wildman–Crippen MR) is 95.0 cm³/mol. The third-order valence-electron chi connectivity index (χ3n) is 5.15. The highest BCUT2D eigenvalue weighted by Crippen LogP contribution is 2.51. The van der Waals surface area contributed by atoms with Gasteiger partial charge in [0.25, 0.3) is 0 Å². The van der Waals surface area contributed by atoms with Gasteiger partial charge in [-0.3, -0.25) is 4.79 Å². The Bertz CT molecular complexity index is 653. The van der Waals surface area contributed by atoms with Crippen molar-refractivity contribution in [1.82, 2.24) is 0 Å². The van der Waals surface area contributed by atoms with Crippen molar-refractivity contribution in [2.45, 2.75) is 44.8 Å². The third-order valence-corrected chi connectivity index (χ3v) is 5.15. The first-order valence-corrected chi connectivity index (χ1v) is 8.59. The molecule has 138 valence electrons. The summed E-state index contributed by atoms with van der Waals surface area (Å²) >= 11 is 0. The van der Waals surface area contributed by atoms with Crippen LogP contribution >= 0.6 is 0 Å². The van der Waals surface area contributed by atoms with E-state index in [1.165, 1.54) is 7.11 Å². The van der Waals surface area contributed by atoms with E-state index in [9.17, 15) is 15.0 Å². The fourth-order valence-corrected chi connectivity index (χ4v) is 3.58. The molecule has 0 radical (unpaired) electrons. The summed E-state index contributed by atoms with van der Waals surface area (Å²) in [5.41, 5.74) is -2.76. The van der Waals surface area contributed by atoms with Gasteiger partial charge in [0.05, 0.1) is 5.92 Å². The van der Waals surface area contributed by atoms with Crippen molar-refractivity contribution >= 4 is 5.78 Å². The number of ether oxygens (including phenoxy) is 2. The molecule has 0 unspecified atom stereocenters. The molecule has 1 aromatic rings. The number of aliphatic hydroxyl groups is 2. The Hall–Kier alpha value is -1.69. The van der Waals surface area contributed by atoms with E-state index in [1.54, 1.807) is 31.2 Å². The van der Waals surface area contributed by atoms with E-state index in [0.717, 1.165) is 0 Å². The fourth-order valence-electron chi connectivity index (χ4n) is 3.58. The molecule has 1 aliphatic rings. The van der Waals surface area contributed by atoms with Crippen LogP contribution in [0.25, 0.3) is 0 Å². The van der Waals surface area contributed by atoms with Crippen LogP contribution in [0.3, 0.4) is 0 Å². The first-order chi connectivity index (χ1) is 11.7. The quantitative estimate of drug-likeness (QED) is 0.585. The molecule has 2 N–H and O–H groups in total. The van der Waals surface area contributed by atoms with Gasteiger partial charge in [-0.05, 0) is 24.3 Å². The van der Waals surface area contributed by atoms with E-state index < -0.39 is 17.1 Å². The normalized spacial score (nSPS) is 28.8. The minimum Gasteiger partial charge on any atom is -0.469 e. The van der Waals surface area contributed by atoms with Crippen molar-refractivity contribution in [2.75, 3.05) is 13.9 Å². The lowest BCUT2D eigenvalue weighted by molar-refractivity contribution is -0.191. The van der Waals surface area contributed by atoms with E-state index in [0.29, 0.717) is 23.5 Å². The molecule has 0 bridgehead atoms. The first kappa shape index (κ1) is 19.6. The number of rotatable bonds is 7. The molecule has 5 nitrogen and oxygen atoms in total. The van der Waals surface area contributed by atoms with Crippen LogP contribution in [0.4, 0.5) is 0 Å². The number of ketones is 1. The number of hydrogen-bond donors (Lipinski definition) is 2. The summed E-state index contributed by atoms with van der Waals surface area (Å²) in [4.78, 5) is 12.8. The molecule has 0 heterocycles. The molecule has 0 amide bonds. The van der Waals surface area contributed by atoms with Gasteiger partial charge in [-0.25, -0.2) is 0 Å². The summed E-state index contributed by atoms with van der Waals surface area (Å²) in [7, 11) is 1.45. The molecule has 0 spiro atoms. The summed E-state index contributed by atoms with van der Waals surface area (Å²) in [6, 6.07) is 6.88. The van der Waals surface area contributed by atoms with Crippen LogP contribution in [0.2, 0.25) is 0 Å². The van der Waals surface area contributed by atoms with Crippen molar-refractivity contribution in [1.29, 1.82) is 0 Å². The van der Waals surface area contributed by atoms with Gasteiger partial charge in [-0.2, -0.15) is 0 Å². The Morgan fingerprint density at radius 2 is 1.96 bits per heavy atom. The molecule has 5 heteroatoms. The highest BCUT2D eigenvalue weighted by molar-refractivity contribution is 6.02. The van der Waals surface area contributed by atoms with Gasteiger partial charge >= 0.3 is 0 Å². The standard InChI is InChI=1S/C20H28O5/c1-13(2)10-11-19(22)17-9-7-6-8-16(17)18(21)14(3)20(19,23)15(4)25-12-24-5/h6-9,13-14,22-23H,4,10-12H2,1-3,5H3/t14-,19+,20-/m0/s1. The third kappa shape index (κ3) is 3.12. The first-order valence-electron chi connectivity index (χ1n) is 8.59. The minimum absolute atomic E-state index is 0.0593. The lowest BCUT2D eigenvalue weighted by Gasteiger charge is -2.51. The van der Waals surface area contributed by atoms with Crippen LogP contribution in [0, 0.1) is 11.8 Å². The van der Waals surface area contributed by atoms with Gasteiger partial charge in [0, 0.05) is 12.7 Å². The molecule has 1 aliphatic carbocycles. The number of carbonyl (C=O) groups excluding carboxylic acids is 1. The summed E-state index contributed by atoms with van der Waals surface area (Å²) in [5, 5.41) is 23.2. The summed E-state index contributed by atoms with van der Waals surface area (Å²) in [6.07, 6.45) is 0.955. The summed E-state index contributed by atoms with van der Waals surface area (Å²) in [5.74, 6) is -0.879. The molecule has 2 rings (SSSR count). The van der Waals surface area contributed by atoms with Gasteiger partial charge in [0.15, 0.2) is 18.2 Å². The van der Waals surface area contributed by atoms with Crippen LogP contribution in [-0.2, 0) is 15.1 Å². The molecular formula is C20H28O5. The molecule has 3 atom stereocenters. The maximum Gasteiger partial charge on any atom is 0.188 e. The molecule has 0 saturated carbocycles. The monoisotopic (exact) mass is 348 g/mol. The average molecular weight is 348 g/mol. The lowest BCUT2D eigenvalue weighted by Crippen LogP contribution is -2.62. The number of fused-ring (bicyclic) bond motifs is 1. The van der Waals surface area contributed by atoms with E-state index in [2.05, 4.69) is 6.58 Å². The lowest BCUT2D eigenvalue weighted by atomic mass is 9.60. The number of methoxy groups -OCH3 is 1. The molecule has 0 aliphatic heterocycles. The molecule has 1 aromatic carbocycles. The van der Waals surface area contributed by atoms with Gasteiger partial charge in [0.1, 0.15) is 11.4 Å². The van der Waals surface area contributed by atoms with Crippen LogP contribution in [0.15, 0.2) is 36.6 Å². The minimum atomic E-state index is -1.94. The Morgan fingerprint density at radius 3 is 2.56 bits per heavy atom. The number of benzene rings is 1. The molecular weight excluding hydrogens is 320 g/mol. The van der Waals surface area contributed by atoms with Crippen LogP contribution in [0.1, 0.15) is 49.5 Å². The zero-order chi connectivity index (χ0) is 18.8. The van der Waals surface area contributed by atoms with Crippen LogP contribution in [0.5, 0.6) is 0 Å². The summed E-state index contributed by atoms with van der Waals surface area (Å²) in [6.45, 7) is 9.37. The molecule has 0 fully saturated rings. The highest BCUT2D eigenvalue weighted by Gasteiger charge is 2.62. The predicted octanol–water partition coefficient (Wildman–Crippen LogP) is 3.01. The van der Waals surface area contributed by atoms with E-state index in [4.69, 9.17) is 9.47 Å². The maximum atomic E-state index is 12.8. The topological polar surface area (TPSA) is 76.0 Å². The van der Waals surface area contributed by atoms with Crippen LogP contribution < -0.4 is 0 Å². The van der Waals surface area contributed by atoms with Crippen molar-refractivity contribution in [2.24, 2.45) is 11.8 Å². The van der Waals surface area contributed by atoms with E-state index >= 15 is 0 Å². The second kappa shape index (κ2) is 7.28. The van der Waals surface area contributed by atoms with Crippen molar-refractivity contribution in [3.05, 3.63) is 47.7 Å². The zero-order valence-electron chi connectivity index (χ0n) is 15.4. The Labute approximate surface area is 149 Å². The smallest absolute Gasteiger partial charge is 0.188 e. The number of Topliss-reactive ketones (excluding diaryl/α,β-unsaturated/α-hetero) is 1. The van der Waals surface area contributed by atoms with Crippen molar-refractivity contribution < 1.29 is 24.5 Å². The van der Waals surface area contributed by atoms with E-state index in [1.807, 2.05) is 13.8 Å². The number of hydrogen-bond acceptors (Lipinski definition) is 5. The van der Waals surface area contributed by atoms with Gasteiger partial charge < -0.3 is 19.7 Å². The number of carbonyl (C=O) groups is 1. The highest BCUT2D eigenvalue weighted by atomic mass is 16.7. The molecule has 0 saturated heterocycles. The van der Waals surface area contributed by atoms with E-state index in [-0.39, 0.29) is 24.8 Å². The SMILES string of the molecule is C=C(OCOC)[C@@]1(O)[C@@H](C)C(=O)c2ccccc2[C@]1(O)CCC(C)C. The second-order valence-electron chi connectivity index (χ2n) is 7.16. The Morgan fingerprint density at radius 1 is 1.32 bits per heavy atom. The fraction of sp³-hybridized carbons (Fsp3) is 0.550. The van der Waals surface area contributed by atoms with Gasteiger partial charge in [-0.1, -0.05) is 51.6 Å². The van der Waals surface area contributed by atoms with Gasteiger partial charge in [-0.15, -0.1) is 0 Å². The Kier molecular flexibility index (Phi) is 5.72. The average Bonchev–Trinajstić information content (AvgIpc) is 2.61. The maximum absolute atomic E-state index is 12.8. The summed E-state index contributed by atoms with van der Waals surface area (Å²) < 4.78 is 10.3. The van der Waals surface area contributed by atoms with Crippen molar-refractivity contribution in [3.8, 4) is 0 Å². The van der Waals surface area contributed by atoms with Gasteiger partial charge in [0.2, 0.25) is 0 Å². The second-order valence-corrected chi connectivity index (χ2v) is 7.16. The van der Waals surface area contributed by atoms with Crippen LogP contribution in [-0.4, -0.2) is 35.5 Å². The zero-order valence-corrected chi connectivity index (χ0v) is 15.4. The Balaban J connectivity index is 2.62. The van der Waals surface area contributed by atoms with Crippen molar-refractivity contribution in [3.63, 3.8) is 0 Å². The largest absolute Gasteiger partial charge is 0.469 e. The molecule has 25 heavy (non-hydrogen) atoms.